The molecule has 1 aromatic heterocycles. The summed E-state index contributed by atoms with van der Waals surface area (Å²) in [5.41, 5.74) is 0. The normalized spacial score (nSPS) is 18.3. The topological polar surface area (TPSA) is 89.5 Å². The molecule has 1 atom stereocenters. The molecule has 1 aromatic rings. The van der Waals surface area contributed by atoms with Crippen LogP contribution in [0.5, 0.6) is 0 Å². The van der Waals surface area contributed by atoms with Crippen molar-refractivity contribution in [1.29, 1.82) is 5.26 Å². The number of carbonyl (C=O) groups excluding carboxylic acids is 1. The fraction of sp³-hybridized carbons (Fsp3) is 0.733. The molecule has 1 amide bonds. The van der Waals surface area contributed by atoms with E-state index in [1.54, 1.807) is 18.9 Å². The van der Waals surface area contributed by atoms with Gasteiger partial charge in [-0.25, -0.2) is 0 Å². The van der Waals surface area contributed by atoms with E-state index in [4.69, 9.17) is 9.68 Å². The maximum Gasteiger partial charge on any atom is 0.236 e. The molecule has 2 rings (SSSR count). The molecular formula is C15H24N6O2. The first-order chi connectivity index (χ1) is 11.0. The van der Waals surface area contributed by atoms with E-state index in [0.29, 0.717) is 43.9 Å². The lowest BCUT2D eigenvalue weighted by molar-refractivity contribution is -0.130. The van der Waals surface area contributed by atoms with Gasteiger partial charge in [-0.05, 0) is 13.5 Å². The number of hydrogen-bond donors (Lipinski definition) is 0. The minimum absolute atomic E-state index is 0.0658. The van der Waals surface area contributed by atoms with E-state index >= 15 is 0 Å². The van der Waals surface area contributed by atoms with Crippen LogP contribution in [0.3, 0.4) is 0 Å². The number of aromatic nitrogens is 2. The smallest absolute Gasteiger partial charge is 0.236 e. The number of likely N-dealkylation sites (tertiary alicyclic amines) is 1. The third-order valence-corrected chi connectivity index (χ3v) is 4.17. The van der Waals surface area contributed by atoms with E-state index in [-0.39, 0.29) is 5.91 Å². The number of amides is 1. The summed E-state index contributed by atoms with van der Waals surface area (Å²) in [6.45, 7) is 5.05. The van der Waals surface area contributed by atoms with Crippen molar-refractivity contribution >= 4 is 5.91 Å². The van der Waals surface area contributed by atoms with Crippen LogP contribution in [0.15, 0.2) is 4.42 Å². The lowest BCUT2D eigenvalue weighted by Crippen LogP contribution is -2.40. The average molecular weight is 320 g/mol. The quantitative estimate of drug-likeness (QED) is 0.711. The number of rotatable bonds is 7. The predicted molar refractivity (Wildman–Crippen MR) is 83.2 cm³/mol. The van der Waals surface area contributed by atoms with Crippen LogP contribution in [-0.2, 0) is 11.3 Å². The number of nitrogens with zero attached hydrogens (tertiary/aromatic N) is 6. The third kappa shape index (κ3) is 5.01. The molecule has 1 aliphatic heterocycles. The zero-order valence-corrected chi connectivity index (χ0v) is 14.0. The van der Waals surface area contributed by atoms with Crippen molar-refractivity contribution < 1.29 is 9.21 Å². The lowest BCUT2D eigenvalue weighted by Gasteiger charge is -2.24. The van der Waals surface area contributed by atoms with Gasteiger partial charge in [-0.15, -0.1) is 10.2 Å². The minimum atomic E-state index is 0.0658. The maximum atomic E-state index is 12.1. The number of likely N-dealkylation sites (N-methyl/N-ethyl adjacent to an activating group) is 2. The summed E-state index contributed by atoms with van der Waals surface area (Å²) in [6.07, 6.45) is 1.38. The highest BCUT2D eigenvalue weighted by Crippen LogP contribution is 2.16. The van der Waals surface area contributed by atoms with E-state index in [1.807, 2.05) is 7.05 Å². The maximum absolute atomic E-state index is 12.1. The lowest BCUT2D eigenvalue weighted by atomic mass is 10.2. The van der Waals surface area contributed by atoms with Gasteiger partial charge in [0, 0.05) is 39.6 Å². The van der Waals surface area contributed by atoms with E-state index in [2.05, 4.69) is 26.1 Å². The van der Waals surface area contributed by atoms with Crippen molar-refractivity contribution in [3.8, 4) is 6.07 Å². The Morgan fingerprint density at radius 1 is 1.48 bits per heavy atom. The summed E-state index contributed by atoms with van der Waals surface area (Å²) >= 11 is 0. The van der Waals surface area contributed by atoms with E-state index in [0.717, 1.165) is 19.5 Å². The highest BCUT2D eigenvalue weighted by Gasteiger charge is 2.28. The van der Waals surface area contributed by atoms with Crippen LogP contribution in [0.25, 0.3) is 0 Å². The number of aryl methyl sites for hydroxylation is 1. The molecular weight excluding hydrogens is 296 g/mol. The van der Waals surface area contributed by atoms with Gasteiger partial charge in [0.15, 0.2) is 0 Å². The number of nitriles is 1. The molecule has 0 bridgehead atoms. The summed E-state index contributed by atoms with van der Waals surface area (Å²) < 4.78 is 5.41. The fourth-order valence-electron chi connectivity index (χ4n) is 2.71. The highest BCUT2D eigenvalue weighted by molar-refractivity contribution is 5.78. The molecule has 1 saturated heterocycles. The Morgan fingerprint density at radius 2 is 2.26 bits per heavy atom. The predicted octanol–water partition coefficient (Wildman–Crippen LogP) is 0.256. The summed E-state index contributed by atoms with van der Waals surface area (Å²) in [7, 11) is 3.78. The molecule has 0 unspecified atom stereocenters. The second-order valence-corrected chi connectivity index (χ2v) is 6.03. The van der Waals surface area contributed by atoms with E-state index in [1.165, 1.54) is 0 Å². The van der Waals surface area contributed by atoms with Gasteiger partial charge >= 0.3 is 0 Å². The molecule has 23 heavy (non-hydrogen) atoms. The molecule has 8 nitrogen and oxygen atoms in total. The molecule has 0 spiro atoms. The van der Waals surface area contributed by atoms with Crippen molar-refractivity contribution in [1.82, 2.24) is 24.9 Å². The van der Waals surface area contributed by atoms with Crippen LogP contribution < -0.4 is 0 Å². The molecule has 0 saturated carbocycles. The first-order valence-electron chi connectivity index (χ1n) is 7.82. The molecule has 8 heteroatoms. The van der Waals surface area contributed by atoms with Gasteiger partial charge in [0.2, 0.25) is 17.7 Å². The van der Waals surface area contributed by atoms with E-state index < -0.39 is 0 Å². The summed E-state index contributed by atoms with van der Waals surface area (Å²) in [5.74, 6) is 1.26. The Bertz CT molecular complexity index is 567. The van der Waals surface area contributed by atoms with Crippen molar-refractivity contribution in [3.63, 3.8) is 0 Å². The number of hydrogen-bond acceptors (Lipinski definition) is 7. The van der Waals surface area contributed by atoms with Crippen molar-refractivity contribution in [2.75, 3.05) is 40.3 Å². The minimum Gasteiger partial charge on any atom is -0.424 e. The Kier molecular flexibility index (Phi) is 6.07. The molecule has 126 valence electrons. The number of carbonyl (C=O) groups is 1. The molecule has 1 aliphatic rings. The van der Waals surface area contributed by atoms with Gasteiger partial charge in [0.25, 0.3) is 0 Å². The molecule has 2 heterocycles. The average Bonchev–Trinajstić information content (AvgIpc) is 3.14. The monoisotopic (exact) mass is 320 g/mol. The SMILES string of the molecule is Cc1nnc(CN(C)[C@H]2CCN(CC(=O)N(C)CCC#N)C2)o1. The first kappa shape index (κ1) is 17.4. The summed E-state index contributed by atoms with van der Waals surface area (Å²) in [6, 6.07) is 2.43. The first-order valence-corrected chi connectivity index (χ1v) is 7.82. The van der Waals surface area contributed by atoms with Gasteiger partial charge < -0.3 is 9.32 Å². The van der Waals surface area contributed by atoms with Crippen LogP contribution in [-0.4, -0.2) is 77.1 Å². The summed E-state index contributed by atoms with van der Waals surface area (Å²) in [4.78, 5) is 18.1. The van der Waals surface area contributed by atoms with Gasteiger partial charge in [-0.3, -0.25) is 14.6 Å². The molecule has 0 radical (unpaired) electrons. The van der Waals surface area contributed by atoms with Gasteiger partial charge in [-0.1, -0.05) is 0 Å². The zero-order valence-electron chi connectivity index (χ0n) is 14.0. The van der Waals surface area contributed by atoms with Crippen molar-refractivity contribution in [2.24, 2.45) is 0 Å². The zero-order chi connectivity index (χ0) is 16.8. The van der Waals surface area contributed by atoms with Crippen molar-refractivity contribution in [2.45, 2.75) is 32.4 Å². The Morgan fingerprint density at radius 3 is 2.91 bits per heavy atom. The molecule has 1 fully saturated rings. The fourth-order valence-corrected chi connectivity index (χ4v) is 2.71. The standard InChI is InChI=1S/C15H24N6O2/c1-12-17-18-14(23-12)10-20(3)13-5-8-21(9-13)11-15(22)19(2)7-4-6-16/h13H,4-5,7-11H2,1-3H3/t13-/m0/s1. The van der Waals surface area contributed by atoms with Crippen LogP contribution in [0, 0.1) is 18.3 Å². The second-order valence-electron chi connectivity index (χ2n) is 6.03. The van der Waals surface area contributed by atoms with Gasteiger partial charge in [-0.2, -0.15) is 5.26 Å². The van der Waals surface area contributed by atoms with Gasteiger partial charge in [0.05, 0.1) is 25.6 Å². The van der Waals surface area contributed by atoms with E-state index in [9.17, 15) is 4.79 Å². The Labute approximate surface area is 136 Å². The van der Waals surface area contributed by atoms with Crippen LogP contribution in [0.2, 0.25) is 0 Å². The Hall–Kier alpha value is -1.98. The van der Waals surface area contributed by atoms with Crippen LogP contribution >= 0.6 is 0 Å². The highest BCUT2D eigenvalue weighted by atomic mass is 16.4. The molecule has 0 aromatic carbocycles. The van der Waals surface area contributed by atoms with Gasteiger partial charge in [0.1, 0.15) is 0 Å². The third-order valence-electron chi connectivity index (χ3n) is 4.17. The largest absolute Gasteiger partial charge is 0.424 e. The van der Waals surface area contributed by atoms with Crippen LogP contribution in [0.4, 0.5) is 0 Å². The van der Waals surface area contributed by atoms with Crippen molar-refractivity contribution in [3.05, 3.63) is 11.8 Å². The summed E-state index contributed by atoms with van der Waals surface area (Å²) in [5, 5.41) is 16.4. The molecule has 0 N–H and O–H groups in total. The van der Waals surface area contributed by atoms with Crippen LogP contribution in [0.1, 0.15) is 24.6 Å². The molecule has 0 aliphatic carbocycles. The second kappa shape index (κ2) is 8.04. The Balaban J connectivity index is 1.77.